The first kappa shape index (κ1) is 13.1. The van der Waals surface area contributed by atoms with Crippen LogP contribution >= 0.6 is 15.9 Å². The fraction of sp³-hybridized carbons (Fsp3) is 0.364. The standard InChI is InChI=1S/C11H13BrFNO2/c1-14(5-6-16-2)11(15)9-7-8(12)3-4-10(9)13/h3-4,7H,5-6H2,1-2H3. The number of carbonyl (C=O) groups is 1. The van der Waals surface area contributed by atoms with Gasteiger partial charge in [0.15, 0.2) is 0 Å². The van der Waals surface area contributed by atoms with Crippen LogP contribution in [0.25, 0.3) is 0 Å². The summed E-state index contributed by atoms with van der Waals surface area (Å²) >= 11 is 3.20. The Bertz CT molecular complexity index is 384. The van der Waals surface area contributed by atoms with Crippen LogP contribution in [0.5, 0.6) is 0 Å². The van der Waals surface area contributed by atoms with Crippen LogP contribution in [0.1, 0.15) is 10.4 Å². The van der Waals surface area contributed by atoms with Gasteiger partial charge in [0.05, 0.1) is 12.2 Å². The van der Waals surface area contributed by atoms with Gasteiger partial charge >= 0.3 is 0 Å². The zero-order valence-electron chi connectivity index (χ0n) is 9.17. The van der Waals surface area contributed by atoms with Crippen molar-refractivity contribution in [2.45, 2.75) is 0 Å². The zero-order chi connectivity index (χ0) is 12.1. The molecule has 0 aromatic heterocycles. The Labute approximate surface area is 102 Å². The molecule has 0 saturated heterocycles. The molecule has 0 radical (unpaired) electrons. The molecule has 0 fully saturated rings. The Hall–Kier alpha value is -0.940. The van der Waals surface area contributed by atoms with Gasteiger partial charge in [0, 0.05) is 25.2 Å². The van der Waals surface area contributed by atoms with E-state index < -0.39 is 5.82 Å². The van der Waals surface area contributed by atoms with Crippen LogP contribution in [0.3, 0.4) is 0 Å². The van der Waals surface area contributed by atoms with E-state index in [2.05, 4.69) is 15.9 Å². The summed E-state index contributed by atoms with van der Waals surface area (Å²) < 4.78 is 18.9. The van der Waals surface area contributed by atoms with Crippen LogP contribution in [0.4, 0.5) is 4.39 Å². The minimum Gasteiger partial charge on any atom is -0.383 e. The molecule has 88 valence electrons. The summed E-state index contributed by atoms with van der Waals surface area (Å²) in [5, 5.41) is 0. The van der Waals surface area contributed by atoms with Gasteiger partial charge in [-0.25, -0.2) is 4.39 Å². The SMILES string of the molecule is COCCN(C)C(=O)c1cc(Br)ccc1F. The van der Waals surface area contributed by atoms with Gasteiger partial charge in [0.1, 0.15) is 5.82 Å². The third kappa shape index (κ3) is 3.28. The number of nitrogens with zero attached hydrogens (tertiary/aromatic N) is 1. The number of hydrogen-bond acceptors (Lipinski definition) is 2. The van der Waals surface area contributed by atoms with Gasteiger partial charge in [-0.05, 0) is 18.2 Å². The predicted molar refractivity (Wildman–Crippen MR) is 62.9 cm³/mol. The summed E-state index contributed by atoms with van der Waals surface area (Å²) in [4.78, 5) is 13.3. The molecule has 0 aliphatic rings. The quantitative estimate of drug-likeness (QED) is 0.851. The number of carbonyl (C=O) groups excluding carboxylic acids is 1. The molecule has 0 heterocycles. The molecule has 0 spiro atoms. The number of halogens is 2. The molecule has 3 nitrogen and oxygen atoms in total. The maximum absolute atomic E-state index is 13.4. The van der Waals surface area contributed by atoms with E-state index in [4.69, 9.17) is 4.74 Å². The first-order valence-electron chi connectivity index (χ1n) is 4.75. The lowest BCUT2D eigenvalue weighted by molar-refractivity contribution is 0.0739. The van der Waals surface area contributed by atoms with Crippen molar-refractivity contribution in [1.82, 2.24) is 4.90 Å². The van der Waals surface area contributed by atoms with E-state index in [1.807, 2.05) is 0 Å². The lowest BCUT2D eigenvalue weighted by Gasteiger charge is -2.17. The van der Waals surface area contributed by atoms with Crippen molar-refractivity contribution in [2.24, 2.45) is 0 Å². The first-order valence-corrected chi connectivity index (χ1v) is 5.55. The lowest BCUT2D eigenvalue weighted by Crippen LogP contribution is -2.30. The molecule has 1 aromatic carbocycles. The second-order valence-corrected chi connectivity index (χ2v) is 4.26. The highest BCUT2D eigenvalue weighted by Gasteiger charge is 2.16. The molecule has 0 bridgehead atoms. The largest absolute Gasteiger partial charge is 0.383 e. The van der Waals surface area contributed by atoms with E-state index >= 15 is 0 Å². The summed E-state index contributed by atoms with van der Waals surface area (Å²) in [6.45, 7) is 0.860. The molecule has 0 atom stereocenters. The Balaban J connectivity index is 2.83. The van der Waals surface area contributed by atoms with E-state index in [0.29, 0.717) is 17.6 Å². The topological polar surface area (TPSA) is 29.5 Å². The van der Waals surface area contributed by atoms with Crippen LogP contribution in [-0.2, 0) is 4.74 Å². The second-order valence-electron chi connectivity index (χ2n) is 3.34. The molecular formula is C11H13BrFNO2. The molecule has 1 rings (SSSR count). The molecule has 5 heteroatoms. The number of benzene rings is 1. The van der Waals surface area contributed by atoms with Gasteiger partial charge < -0.3 is 9.64 Å². The van der Waals surface area contributed by atoms with Crippen LogP contribution in [0.2, 0.25) is 0 Å². The number of methoxy groups -OCH3 is 1. The summed E-state index contributed by atoms with van der Waals surface area (Å²) in [5.74, 6) is -0.867. The van der Waals surface area contributed by atoms with Gasteiger partial charge in [-0.2, -0.15) is 0 Å². The lowest BCUT2D eigenvalue weighted by atomic mass is 10.2. The van der Waals surface area contributed by atoms with Crippen molar-refractivity contribution in [1.29, 1.82) is 0 Å². The average Bonchev–Trinajstić information content (AvgIpc) is 2.28. The summed E-state index contributed by atoms with van der Waals surface area (Å²) in [6, 6.07) is 4.30. The molecule has 16 heavy (non-hydrogen) atoms. The van der Waals surface area contributed by atoms with Crippen molar-refractivity contribution in [3.8, 4) is 0 Å². The Morgan fingerprint density at radius 1 is 1.56 bits per heavy atom. The van der Waals surface area contributed by atoms with Crippen molar-refractivity contribution in [2.75, 3.05) is 27.3 Å². The van der Waals surface area contributed by atoms with Gasteiger partial charge in [0.25, 0.3) is 5.91 Å². The Morgan fingerprint density at radius 3 is 2.88 bits per heavy atom. The third-order valence-corrected chi connectivity index (χ3v) is 2.63. The zero-order valence-corrected chi connectivity index (χ0v) is 10.8. The monoisotopic (exact) mass is 289 g/mol. The maximum atomic E-state index is 13.4. The van der Waals surface area contributed by atoms with Crippen LogP contribution in [-0.4, -0.2) is 38.1 Å². The van der Waals surface area contributed by atoms with E-state index in [1.165, 1.54) is 17.0 Å². The third-order valence-electron chi connectivity index (χ3n) is 2.14. The molecule has 0 unspecified atom stereocenters. The number of likely N-dealkylation sites (N-methyl/N-ethyl adjacent to an activating group) is 1. The molecular weight excluding hydrogens is 277 g/mol. The van der Waals surface area contributed by atoms with E-state index in [-0.39, 0.29) is 11.5 Å². The normalized spacial score (nSPS) is 10.2. The van der Waals surface area contributed by atoms with E-state index in [9.17, 15) is 9.18 Å². The van der Waals surface area contributed by atoms with Crippen molar-refractivity contribution in [3.63, 3.8) is 0 Å². The smallest absolute Gasteiger partial charge is 0.256 e. The highest BCUT2D eigenvalue weighted by atomic mass is 79.9. The highest BCUT2D eigenvalue weighted by molar-refractivity contribution is 9.10. The predicted octanol–water partition coefficient (Wildman–Crippen LogP) is 2.31. The van der Waals surface area contributed by atoms with Gasteiger partial charge in [-0.1, -0.05) is 15.9 Å². The minimum absolute atomic E-state index is 0.0629. The van der Waals surface area contributed by atoms with Gasteiger partial charge in [-0.3, -0.25) is 4.79 Å². The van der Waals surface area contributed by atoms with Crippen molar-refractivity contribution >= 4 is 21.8 Å². The fourth-order valence-electron chi connectivity index (χ4n) is 1.20. The van der Waals surface area contributed by atoms with Crippen molar-refractivity contribution < 1.29 is 13.9 Å². The van der Waals surface area contributed by atoms with E-state index in [1.54, 1.807) is 20.2 Å². The molecule has 0 aliphatic heterocycles. The van der Waals surface area contributed by atoms with Gasteiger partial charge in [0.2, 0.25) is 0 Å². The molecule has 1 aromatic rings. The van der Waals surface area contributed by atoms with Gasteiger partial charge in [-0.15, -0.1) is 0 Å². The second kappa shape index (κ2) is 5.96. The summed E-state index contributed by atoms with van der Waals surface area (Å²) in [5.41, 5.74) is 0.0629. The number of rotatable bonds is 4. The Morgan fingerprint density at radius 2 is 2.25 bits per heavy atom. The minimum atomic E-state index is -0.516. The summed E-state index contributed by atoms with van der Waals surface area (Å²) in [6.07, 6.45) is 0. The number of ether oxygens (including phenoxy) is 1. The van der Waals surface area contributed by atoms with E-state index in [0.717, 1.165) is 0 Å². The van der Waals surface area contributed by atoms with Crippen LogP contribution in [0.15, 0.2) is 22.7 Å². The van der Waals surface area contributed by atoms with Crippen molar-refractivity contribution in [3.05, 3.63) is 34.1 Å². The Kier molecular flexibility index (Phi) is 4.89. The van der Waals surface area contributed by atoms with Crippen LogP contribution < -0.4 is 0 Å². The first-order chi connectivity index (χ1) is 7.56. The molecule has 0 aliphatic carbocycles. The number of hydrogen-bond donors (Lipinski definition) is 0. The number of amides is 1. The average molecular weight is 290 g/mol. The molecule has 1 amide bonds. The molecule has 0 N–H and O–H groups in total. The maximum Gasteiger partial charge on any atom is 0.256 e. The fourth-order valence-corrected chi connectivity index (χ4v) is 1.56. The highest BCUT2D eigenvalue weighted by Crippen LogP contribution is 2.16. The summed E-state index contributed by atoms with van der Waals surface area (Å²) in [7, 11) is 3.17. The van der Waals surface area contributed by atoms with Crippen LogP contribution in [0, 0.1) is 5.82 Å². The molecule has 0 saturated carbocycles.